The first kappa shape index (κ1) is 92.0. The number of ether oxygens (including phenoxy) is 4. The average Bonchev–Trinajstić information content (AvgIpc) is 3.28. The summed E-state index contributed by atoms with van der Waals surface area (Å²) in [6.07, 6.45) is 65.9. The number of hydrogen-bond donors (Lipinski definition) is 3. The molecule has 0 rings (SSSR count). The van der Waals surface area contributed by atoms with E-state index in [0.29, 0.717) is 25.7 Å². The smallest absolute Gasteiger partial charge is 0.462 e. The van der Waals surface area contributed by atoms with Crippen LogP contribution in [0.4, 0.5) is 0 Å². The van der Waals surface area contributed by atoms with Gasteiger partial charge in [-0.25, -0.2) is 9.13 Å². The third-order valence-electron chi connectivity index (χ3n) is 16.6. The van der Waals surface area contributed by atoms with Crippen LogP contribution in [-0.2, 0) is 65.4 Å². The van der Waals surface area contributed by atoms with Crippen LogP contribution in [0.15, 0.2) is 48.6 Å². The molecule has 0 aromatic heterocycles. The Morgan fingerprint density at radius 3 is 0.768 bits per heavy atom. The predicted octanol–water partition coefficient (Wildman–Crippen LogP) is 21.7. The van der Waals surface area contributed by atoms with Crippen LogP contribution in [-0.4, -0.2) is 96.7 Å². The van der Waals surface area contributed by atoms with Crippen LogP contribution in [0, 0.1) is 0 Å². The van der Waals surface area contributed by atoms with Crippen molar-refractivity contribution in [2.75, 3.05) is 39.6 Å². The molecule has 0 aromatic rings. The molecule has 0 aliphatic carbocycles. The Bertz CT molecular complexity index is 2000. The number of allylic oxidation sites excluding steroid dienone is 8. The van der Waals surface area contributed by atoms with Gasteiger partial charge in [0.15, 0.2) is 12.2 Å². The number of phosphoric ester groups is 2. The normalized spacial score (nSPS) is 14.2. The zero-order valence-electron chi connectivity index (χ0n) is 60.6. The molecule has 0 amide bonds. The number of carbonyl (C=O) groups excluding carboxylic acids is 4. The van der Waals surface area contributed by atoms with E-state index in [2.05, 4.69) is 76.3 Å². The van der Waals surface area contributed by atoms with Crippen molar-refractivity contribution in [3.63, 3.8) is 0 Å². The highest BCUT2D eigenvalue weighted by atomic mass is 31.2. The van der Waals surface area contributed by atoms with Crippen LogP contribution in [0.3, 0.4) is 0 Å². The minimum Gasteiger partial charge on any atom is -0.462 e. The summed E-state index contributed by atoms with van der Waals surface area (Å²) in [6.45, 7) is 4.76. The van der Waals surface area contributed by atoms with Gasteiger partial charge in [-0.1, -0.05) is 301 Å². The van der Waals surface area contributed by atoms with Gasteiger partial charge in [-0.3, -0.25) is 37.3 Å². The Morgan fingerprint density at radius 2 is 0.505 bits per heavy atom. The zero-order valence-corrected chi connectivity index (χ0v) is 62.4. The van der Waals surface area contributed by atoms with Crippen molar-refractivity contribution in [2.24, 2.45) is 0 Å². The molecular weight excluding hydrogens is 1250 g/mol. The molecule has 19 heteroatoms. The van der Waals surface area contributed by atoms with Gasteiger partial charge in [-0.2, -0.15) is 0 Å². The number of phosphoric acid groups is 2. The Kier molecular flexibility index (Phi) is 67.3. The number of aliphatic hydroxyl groups is 1. The van der Waals surface area contributed by atoms with Crippen molar-refractivity contribution in [1.29, 1.82) is 0 Å². The van der Waals surface area contributed by atoms with E-state index >= 15 is 0 Å². The first-order chi connectivity index (χ1) is 46.2. The standard InChI is InChI=1S/C76H140O17P2/c1-5-9-13-17-20-23-26-29-32-33-34-35-36-39-42-45-48-51-55-59-63-76(81)93-72(67-87-74(79)61-57-53-49-46-43-40-37-30-27-24-21-18-14-10-6-2)69-91-95(84,85)89-65-70(77)64-88-94(82,83)90-68-71(66-86-73(78)60-56-52-16-12-8-4)92-75(80)62-58-54-50-47-44-41-38-31-28-25-22-19-15-11-7-3/h24-25,27-28,30-31,37-38,70-72,77H,5-23,26,29,32-36,39-69H2,1-4H3,(H,82,83)(H,84,85)/b27-24-,28-25-,37-30-,38-31-/t70-,71+,72+/m0/s1. The first-order valence-electron chi connectivity index (χ1n) is 38.4. The molecule has 95 heavy (non-hydrogen) atoms. The molecule has 0 saturated heterocycles. The van der Waals surface area contributed by atoms with Crippen molar-refractivity contribution in [3.05, 3.63) is 48.6 Å². The largest absolute Gasteiger partial charge is 0.472 e. The van der Waals surface area contributed by atoms with Crippen LogP contribution in [0.5, 0.6) is 0 Å². The van der Waals surface area contributed by atoms with Crippen molar-refractivity contribution in [2.45, 2.75) is 373 Å². The molecule has 0 fully saturated rings. The van der Waals surface area contributed by atoms with Gasteiger partial charge in [0.1, 0.15) is 19.3 Å². The lowest BCUT2D eigenvalue weighted by Gasteiger charge is -2.21. The number of hydrogen-bond acceptors (Lipinski definition) is 15. The van der Waals surface area contributed by atoms with Gasteiger partial charge in [-0.15, -0.1) is 0 Å². The van der Waals surface area contributed by atoms with Gasteiger partial charge in [0.25, 0.3) is 0 Å². The minimum atomic E-state index is -4.97. The summed E-state index contributed by atoms with van der Waals surface area (Å²) in [4.78, 5) is 72.5. The van der Waals surface area contributed by atoms with Gasteiger partial charge in [0.2, 0.25) is 0 Å². The number of carbonyl (C=O) groups is 4. The summed E-state index contributed by atoms with van der Waals surface area (Å²) in [5.41, 5.74) is 0. The molecule has 0 radical (unpaired) electrons. The van der Waals surface area contributed by atoms with Crippen LogP contribution >= 0.6 is 15.6 Å². The van der Waals surface area contributed by atoms with E-state index in [4.69, 9.17) is 37.0 Å². The molecule has 0 saturated carbocycles. The Balaban J connectivity index is 5.19. The van der Waals surface area contributed by atoms with E-state index < -0.39 is 97.5 Å². The third kappa shape index (κ3) is 69.3. The molecule has 0 aliphatic heterocycles. The molecule has 0 bridgehead atoms. The second kappa shape index (κ2) is 69.5. The van der Waals surface area contributed by atoms with E-state index in [-0.39, 0.29) is 25.7 Å². The summed E-state index contributed by atoms with van der Waals surface area (Å²) < 4.78 is 68.2. The monoisotopic (exact) mass is 1390 g/mol. The van der Waals surface area contributed by atoms with E-state index in [9.17, 15) is 43.2 Å². The minimum absolute atomic E-state index is 0.0821. The lowest BCUT2D eigenvalue weighted by Crippen LogP contribution is -2.30. The third-order valence-corrected chi connectivity index (χ3v) is 18.5. The second-order valence-electron chi connectivity index (χ2n) is 26.0. The highest BCUT2D eigenvalue weighted by molar-refractivity contribution is 7.47. The molecule has 3 N–H and O–H groups in total. The van der Waals surface area contributed by atoms with Gasteiger partial charge in [-0.05, 0) is 77.0 Å². The summed E-state index contributed by atoms with van der Waals surface area (Å²) in [5, 5.41) is 10.6. The number of rotatable bonds is 73. The highest BCUT2D eigenvalue weighted by Crippen LogP contribution is 2.45. The van der Waals surface area contributed by atoms with Crippen molar-refractivity contribution >= 4 is 39.5 Å². The molecule has 2 unspecified atom stereocenters. The summed E-state index contributed by atoms with van der Waals surface area (Å²) in [7, 11) is -9.92. The highest BCUT2D eigenvalue weighted by Gasteiger charge is 2.30. The fourth-order valence-electron chi connectivity index (χ4n) is 10.7. The summed E-state index contributed by atoms with van der Waals surface area (Å²) in [6, 6.07) is 0. The van der Waals surface area contributed by atoms with E-state index in [1.54, 1.807) is 0 Å². The van der Waals surface area contributed by atoms with Crippen LogP contribution in [0.25, 0.3) is 0 Å². The zero-order chi connectivity index (χ0) is 69.7. The maximum atomic E-state index is 13.1. The average molecular weight is 1390 g/mol. The Hall–Kier alpha value is -2.98. The van der Waals surface area contributed by atoms with E-state index in [1.165, 1.54) is 148 Å². The van der Waals surface area contributed by atoms with Crippen LogP contribution in [0.2, 0.25) is 0 Å². The van der Waals surface area contributed by atoms with Crippen molar-refractivity contribution in [3.8, 4) is 0 Å². The van der Waals surface area contributed by atoms with Gasteiger partial charge < -0.3 is 33.8 Å². The SMILES string of the molecule is CCCCCC/C=C\C=C/CCCCCCCC(=O)OC[C@H](COP(=O)(O)OC[C@@H](O)COP(=O)(O)OC[C@@H](COC(=O)CCCCCCC)OC(=O)CCCCCCC/C=C\C=C/CCCCCC)OC(=O)CCCCCCCCCCCCCCCCCCCCCC. The molecule has 0 aromatic carbocycles. The van der Waals surface area contributed by atoms with E-state index in [1.807, 2.05) is 0 Å². The molecule has 0 aliphatic rings. The molecule has 0 heterocycles. The number of esters is 4. The van der Waals surface area contributed by atoms with Crippen molar-refractivity contribution < 1.29 is 80.2 Å². The summed E-state index contributed by atoms with van der Waals surface area (Å²) >= 11 is 0. The maximum absolute atomic E-state index is 13.1. The Morgan fingerprint density at radius 1 is 0.295 bits per heavy atom. The van der Waals surface area contributed by atoms with Gasteiger partial charge >= 0.3 is 39.5 Å². The van der Waals surface area contributed by atoms with Crippen LogP contribution < -0.4 is 0 Å². The van der Waals surface area contributed by atoms with E-state index in [0.717, 1.165) is 128 Å². The first-order valence-corrected chi connectivity index (χ1v) is 41.4. The maximum Gasteiger partial charge on any atom is 0.472 e. The fraction of sp³-hybridized carbons (Fsp3) is 0.842. The van der Waals surface area contributed by atoms with Gasteiger partial charge in [0, 0.05) is 25.7 Å². The Labute approximate surface area is 578 Å². The second-order valence-corrected chi connectivity index (χ2v) is 28.9. The molecule has 556 valence electrons. The van der Waals surface area contributed by atoms with Crippen molar-refractivity contribution in [1.82, 2.24) is 0 Å². The van der Waals surface area contributed by atoms with Crippen LogP contribution in [0.1, 0.15) is 355 Å². The molecule has 0 spiro atoms. The predicted molar refractivity (Wildman–Crippen MR) is 386 cm³/mol. The topological polar surface area (TPSA) is 237 Å². The molecular formula is C76H140O17P2. The number of unbranched alkanes of at least 4 members (excludes halogenated alkanes) is 41. The fourth-order valence-corrected chi connectivity index (χ4v) is 12.3. The quantitative estimate of drug-likeness (QED) is 0.0169. The van der Waals surface area contributed by atoms with Gasteiger partial charge in [0.05, 0.1) is 26.4 Å². The molecule has 17 nitrogen and oxygen atoms in total. The summed E-state index contributed by atoms with van der Waals surface area (Å²) in [5.74, 6) is -2.19. The molecule has 5 atom stereocenters. The number of aliphatic hydroxyl groups excluding tert-OH is 1. The lowest BCUT2D eigenvalue weighted by molar-refractivity contribution is -0.161. The lowest BCUT2D eigenvalue weighted by atomic mass is 10.0.